The van der Waals surface area contributed by atoms with Crippen molar-refractivity contribution in [3.63, 3.8) is 0 Å². The SMILES string of the molecule is C[C@H](NC(=O)COC(=O)CCc1cccs1)c1ccccc1. The largest absolute Gasteiger partial charge is 0.456 e. The third-order valence-electron chi connectivity index (χ3n) is 3.20. The van der Waals surface area contributed by atoms with Crippen molar-refractivity contribution in [2.24, 2.45) is 0 Å². The van der Waals surface area contributed by atoms with Gasteiger partial charge in [0.1, 0.15) is 0 Å². The van der Waals surface area contributed by atoms with Crippen LogP contribution in [-0.2, 0) is 20.7 Å². The summed E-state index contributed by atoms with van der Waals surface area (Å²) in [6.45, 7) is 1.66. The first-order valence-corrected chi connectivity index (χ1v) is 8.05. The Morgan fingerprint density at radius 2 is 1.95 bits per heavy atom. The van der Waals surface area contributed by atoms with Gasteiger partial charge in [0.25, 0.3) is 5.91 Å². The second kappa shape index (κ2) is 8.34. The molecule has 0 spiro atoms. The predicted molar refractivity (Wildman–Crippen MR) is 86.6 cm³/mol. The Balaban J connectivity index is 1.67. The van der Waals surface area contributed by atoms with Crippen molar-refractivity contribution in [2.75, 3.05) is 6.61 Å². The van der Waals surface area contributed by atoms with E-state index in [0.717, 1.165) is 10.4 Å². The number of carbonyl (C=O) groups excluding carboxylic acids is 2. The molecule has 1 amide bonds. The molecule has 0 saturated carbocycles. The quantitative estimate of drug-likeness (QED) is 0.798. The Morgan fingerprint density at radius 1 is 1.18 bits per heavy atom. The first kappa shape index (κ1) is 16.2. The Hall–Kier alpha value is -2.14. The summed E-state index contributed by atoms with van der Waals surface area (Å²) in [6, 6.07) is 13.5. The number of hydrogen-bond acceptors (Lipinski definition) is 4. The maximum atomic E-state index is 11.8. The van der Waals surface area contributed by atoms with Gasteiger partial charge in [0.05, 0.1) is 12.5 Å². The van der Waals surface area contributed by atoms with Crippen LogP contribution in [0.25, 0.3) is 0 Å². The molecule has 1 N–H and O–H groups in total. The van der Waals surface area contributed by atoms with E-state index < -0.39 is 0 Å². The van der Waals surface area contributed by atoms with Crippen LogP contribution in [0.3, 0.4) is 0 Å². The van der Waals surface area contributed by atoms with E-state index in [0.29, 0.717) is 12.8 Å². The number of hydrogen-bond donors (Lipinski definition) is 1. The summed E-state index contributed by atoms with van der Waals surface area (Å²) < 4.78 is 4.99. The third kappa shape index (κ3) is 5.33. The van der Waals surface area contributed by atoms with E-state index >= 15 is 0 Å². The van der Waals surface area contributed by atoms with Gasteiger partial charge in [-0.25, -0.2) is 0 Å². The Labute approximate surface area is 134 Å². The first-order valence-electron chi connectivity index (χ1n) is 7.17. The molecule has 0 saturated heterocycles. The molecule has 1 atom stereocenters. The molecule has 22 heavy (non-hydrogen) atoms. The van der Waals surface area contributed by atoms with Gasteiger partial charge in [-0.2, -0.15) is 0 Å². The lowest BCUT2D eigenvalue weighted by Gasteiger charge is -2.14. The van der Waals surface area contributed by atoms with Crippen molar-refractivity contribution in [3.05, 3.63) is 58.3 Å². The highest BCUT2D eigenvalue weighted by Gasteiger charge is 2.11. The summed E-state index contributed by atoms with van der Waals surface area (Å²) in [6.07, 6.45) is 0.945. The zero-order valence-corrected chi connectivity index (χ0v) is 13.3. The van der Waals surface area contributed by atoms with Gasteiger partial charge in [0.15, 0.2) is 6.61 Å². The van der Waals surface area contributed by atoms with Crippen LogP contribution in [0.4, 0.5) is 0 Å². The summed E-state index contributed by atoms with van der Waals surface area (Å²) in [5.74, 6) is -0.642. The minimum absolute atomic E-state index is 0.112. The number of rotatable bonds is 7. The molecule has 0 aliphatic carbocycles. The van der Waals surface area contributed by atoms with Crippen LogP contribution in [0.15, 0.2) is 47.8 Å². The molecule has 0 bridgehead atoms. The van der Waals surface area contributed by atoms with Crippen LogP contribution in [0.1, 0.15) is 29.8 Å². The lowest BCUT2D eigenvalue weighted by atomic mass is 10.1. The van der Waals surface area contributed by atoms with Crippen molar-refractivity contribution in [1.29, 1.82) is 0 Å². The molecule has 0 aliphatic heterocycles. The summed E-state index contributed by atoms with van der Waals surface area (Å²) in [7, 11) is 0. The number of esters is 1. The molecule has 2 rings (SSSR count). The monoisotopic (exact) mass is 317 g/mol. The van der Waals surface area contributed by atoms with E-state index in [9.17, 15) is 9.59 Å². The van der Waals surface area contributed by atoms with E-state index in [4.69, 9.17) is 4.74 Å². The molecule has 1 heterocycles. The topological polar surface area (TPSA) is 55.4 Å². The van der Waals surface area contributed by atoms with Crippen LogP contribution < -0.4 is 5.32 Å². The highest BCUT2D eigenvalue weighted by molar-refractivity contribution is 7.09. The van der Waals surface area contributed by atoms with E-state index in [1.165, 1.54) is 0 Å². The molecule has 0 fully saturated rings. The lowest BCUT2D eigenvalue weighted by molar-refractivity contribution is -0.148. The van der Waals surface area contributed by atoms with Gasteiger partial charge in [-0.3, -0.25) is 9.59 Å². The maximum Gasteiger partial charge on any atom is 0.306 e. The van der Waals surface area contributed by atoms with Crippen molar-refractivity contribution < 1.29 is 14.3 Å². The lowest BCUT2D eigenvalue weighted by Crippen LogP contribution is -2.31. The van der Waals surface area contributed by atoms with Crippen molar-refractivity contribution in [2.45, 2.75) is 25.8 Å². The summed E-state index contributed by atoms with van der Waals surface area (Å²) >= 11 is 1.61. The first-order chi connectivity index (χ1) is 10.6. The molecular formula is C17H19NO3S. The van der Waals surface area contributed by atoms with Crippen LogP contribution in [0.2, 0.25) is 0 Å². The predicted octanol–water partition coefficient (Wildman–Crippen LogP) is 3.10. The van der Waals surface area contributed by atoms with Gasteiger partial charge >= 0.3 is 5.97 Å². The zero-order valence-electron chi connectivity index (χ0n) is 12.5. The van der Waals surface area contributed by atoms with Crippen molar-refractivity contribution in [3.8, 4) is 0 Å². The smallest absolute Gasteiger partial charge is 0.306 e. The molecule has 4 nitrogen and oxygen atoms in total. The molecule has 0 unspecified atom stereocenters. The standard InChI is InChI=1S/C17H19NO3S/c1-13(14-6-3-2-4-7-14)18-16(19)12-21-17(20)10-9-15-8-5-11-22-15/h2-8,11,13H,9-10,12H2,1H3,(H,18,19)/t13-/m0/s1. The number of thiophene rings is 1. The third-order valence-corrected chi connectivity index (χ3v) is 4.13. The molecular weight excluding hydrogens is 298 g/mol. The fourth-order valence-corrected chi connectivity index (χ4v) is 2.72. The Kier molecular flexibility index (Phi) is 6.15. The fourth-order valence-electron chi connectivity index (χ4n) is 2.01. The van der Waals surface area contributed by atoms with Gasteiger partial charge in [-0.15, -0.1) is 11.3 Å². The molecule has 1 aromatic carbocycles. The van der Waals surface area contributed by atoms with Crippen LogP contribution in [0.5, 0.6) is 0 Å². The number of ether oxygens (including phenoxy) is 1. The van der Waals surface area contributed by atoms with Gasteiger partial charge in [-0.1, -0.05) is 36.4 Å². The average molecular weight is 317 g/mol. The maximum absolute atomic E-state index is 11.8. The highest BCUT2D eigenvalue weighted by atomic mass is 32.1. The molecule has 2 aromatic rings. The van der Waals surface area contributed by atoms with E-state index in [1.54, 1.807) is 11.3 Å². The van der Waals surface area contributed by atoms with E-state index in [-0.39, 0.29) is 24.5 Å². The number of amides is 1. The van der Waals surface area contributed by atoms with Gasteiger partial charge in [0, 0.05) is 4.88 Å². The summed E-state index contributed by atoms with van der Waals surface area (Å²) in [5.41, 5.74) is 1.01. The Morgan fingerprint density at radius 3 is 2.64 bits per heavy atom. The number of nitrogens with one attached hydrogen (secondary N) is 1. The normalized spacial score (nSPS) is 11.7. The second-order valence-corrected chi connectivity index (χ2v) is 5.97. The molecule has 116 valence electrons. The number of aryl methyl sites for hydroxylation is 1. The second-order valence-electron chi connectivity index (χ2n) is 4.94. The van der Waals surface area contributed by atoms with Crippen LogP contribution in [-0.4, -0.2) is 18.5 Å². The van der Waals surface area contributed by atoms with Gasteiger partial charge in [-0.05, 0) is 30.4 Å². The minimum atomic E-state index is -0.351. The number of carbonyl (C=O) groups is 2. The average Bonchev–Trinajstić information content (AvgIpc) is 3.05. The van der Waals surface area contributed by atoms with Gasteiger partial charge in [0.2, 0.25) is 0 Å². The number of benzene rings is 1. The van der Waals surface area contributed by atoms with E-state index in [2.05, 4.69) is 5.32 Å². The van der Waals surface area contributed by atoms with Crippen molar-refractivity contribution in [1.82, 2.24) is 5.32 Å². The molecule has 0 radical (unpaired) electrons. The Bertz CT molecular complexity index is 596. The minimum Gasteiger partial charge on any atom is -0.456 e. The van der Waals surface area contributed by atoms with E-state index in [1.807, 2.05) is 54.8 Å². The molecule has 1 aromatic heterocycles. The van der Waals surface area contributed by atoms with Crippen LogP contribution >= 0.6 is 11.3 Å². The summed E-state index contributed by atoms with van der Waals surface area (Å²) in [5, 5.41) is 4.78. The zero-order chi connectivity index (χ0) is 15.8. The highest BCUT2D eigenvalue weighted by Crippen LogP contribution is 2.12. The van der Waals surface area contributed by atoms with Crippen molar-refractivity contribution >= 4 is 23.2 Å². The van der Waals surface area contributed by atoms with Crippen LogP contribution in [0, 0.1) is 0 Å². The van der Waals surface area contributed by atoms with Gasteiger partial charge < -0.3 is 10.1 Å². The fraction of sp³-hybridized carbons (Fsp3) is 0.294. The summed E-state index contributed by atoms with van der Waals surface area (Å²) in [4.78, 5) is 24.5. The molecule has 0 aliphatic rings. The molecule has 5 heteroatoms.